The van der Waals surface area contributed by atoms with Crippen LogP contribution in [0.5, 0.6) is 0 Å². The smallest absolute Gasteiger partial charge is 0.337 e. The molecular weight excluding hydrogens is 392 g/mol. The lowest BCUT2D eigenvalue weighted by Crippen LogP contribution is -2.43. The molecule has 1 aliphatic heterocycles. The average molecular weight is 418 g/mol. The Hall–Kier alpha value is -3.61. The zero-order valence-electron chi connectivity index (χ0n) is 18.1. The molecule has 0 unspecified atom stereocenters. The number of aromatic nitrogens is 2. The van der Waals surface area contributed by atoms with Crippen LogP contribution in [0, 0.1) is 0 Å². The van der Waals surface area contributed by atoms with Crippen molar-refractivity contribution >= 4 is 23.3 Å². The molecule has 1 N–H and O–H groups in total. The third-order valence-electron chi connectivity index (χ3n) is 5.67. The lowest BCUT2D eigenvalue weighted by Gasteiger charge is -2.39. The van der Waals surface area contributed by atoms with Crippen LogP contribution in [0.3, 0.4) is 0 Å². The molecular formula is C24H26N4O3. The highest BCUT2D eigenvalue weighted by Crippen LogP contribution is 2.41. The van der Waals surface area contributed by atoms with Gasteiger partial charge in [-0.05, 0) is 55.3 Å². The second kappa shape index (κ2) is 8.26. The molecule has 0 bridgehead atoms. The molecule has 31 heavy (non-hydrogen) atoms. The van der Waals surface area contributed by atoms with Gasteiger partial charge in [0, 0.05) is 43.1 Å². The number of carbonyl (C=O) groups excluding carboxylic acids is 2. The number of esters is 1. The number of hydrogen-bond donors (Lipinski definition) is 1. The zero-order valence-corrected chi connectivity index (χ0v) is 18.1. The van der Waals surface area contributed by atoms with Crippen molar-refractivity contribution in [1.82, 2.24) is 9.55 Å². The Labute approximate surface area is 181 Å². The maximum Gasteiger partial charge on any atom is 0.337 e. The fourth-order valence-electron chi connectivity index (χ4n) is 4.22. The molecule has 1 aromatic heterocycles. The fraction of sp³-hybridized carbons (Fsp3) is 0.292. The molecule has 4 rings (SSSR count). The van der Waals surface area contributed by atoms with Crippen LogP contribution in [-0.2, 0) is 16.6 Å². The van der Waals surface area contributed by atoms with Gasteiger partial charge in [0.25, 0.3) is 0 Å². The molecule has 0 saturated carbocycles. The van der Waals surface area contributed by atoms with E-state index >= 15 is 0 Å². The maximum atomic E-state index is 12.4. The van der Waals surface area contributed by atoms with E-state index in [1.165, 1.54) is 7.11 Å². The van der Waals surface area contributed by atoms with Crippen LogP contribution in [0.1, 0.15) is 42.2 Å². The lowest BCUT2D eigenvalue weighted by atomic mass is 9.89. The Morgan fingerprint density at radius 2 is 1.90 bits per heavy atom. The third-order valence-corrected chi connectivity index (χ3v) is 5.67. The third kappa shape index (κ3) is 4.03. The normalized spacial score (nSPS) is 17.7. The van der Waals surface area contributed by atoms with Gasteiger partial charge >= 0.3 is 5.97 Å². The van der Waals surface area contributed by atoms with Gasteiger partial charge in [-0.25, -0.2) is 9.78 Å². The van der Waals surface area contributed by atoms with Crippen molar-refractivity contribution in [3.63, 3.8) is 0 Å². The fourth-order valence-corrected chi connectivity index (χ4v) is 4.22. The number of imidazole rings is 1. The largest absolute Gasteiger partial charge is 0.465 e. The number of benzene rings is 2. The molecule has 2 aromatic carbocycles. The molecule has 0 spiro atoms. The van der Waals surface area contributed by atoms with Crippen molar-refractivity contribution in [2.45, 2.75) is 32.4 Å². The number of nitrogens with zero attached hydrogens (tertiary/aromatic N) is 3. The van der Waals surface area contributed by atoms with Gasteiger partial charge < -0.3 is 19.5 Å². The van der Waals surface area contributed by atoms with E-state index in [1.54, 1.807) is 25.4 Å². The molecule has 0 saturated heterocycles. The molecule has 160 valence electrons. The first-order chi connectivity index (χ1) is 14.9. The quantitative estimate of drug-likeness (QED) is 0.644. The van der Waals surface area contributed by atoms with Crippen molar-refractivity contribution in [2.75, 3.05) is 17.3 Å². The summed E-state index contributed by atoms with van der Waals surface area (Å²) in [5.41, 5.74) is 5.26. The Kier molecular flexibility index (Phi) is 5.50. The summed E-state index contributed by atoms with van der Waals surface area (Å²) < 4.78 is 6.69. The van der Waals surface area contributed by atoms with Crippen LogP contribution < -0.4 is 10.2 Å². The Balaban J connectivity index is 1.71. The molecule has 0 radical (unpaired) electrons. The summed E-state index contributed by atoms with van der Waals surface area (Å²) in [6.45, 7) is 3.66. The van der Waals surface area contributed by atoms with Crippen molar-refractivity contribution in [3.8, 4) is 11.3 Å². The molecule has 7 heteroatoms. The van der Waals surface area contributed by atoms with E-state index in [0.29, 0.717) is 5.56 Å². The van der Waals surface area contributed by atoms with E-state index in [9.17, 15) is 9.59 Å². The van der Waals surface area contributed by atoms with Crippen molar-refractivity contribution in [2.24, 2.45) is 7.05 Å². The van der Waals surface area contributed by atoms with Crippen molar-refractivity contribution in [1.29, 1.82) is 0 Å². The van der Waals surface area contributed by atoms with Crippen LogP contribution in [0.4, 0.5) is 11.4 Å². The summed E-state index contributed by atoms with van der Waals surface area (Å²) >= 11 is 0. The van der Waals surface area contributed by atoms with Crippen molar-refractivity contribution in [3.05, 3.63) is 66.1 Å². The SMILES string of the molecule is COC(=O)c1ccc(N[C@@H]2C[C@H](C)N(C(C)=O)c3ccc(-c4cn(C)cn4)cc32)cc1. The van der Waals surface area contributed by atoms with Gasteiger partial charge in [-0.15, -0.1) is 0 Å². The summed E-state index contributed by atoms with van der Waals surface area (Å²) in [5, 5.41) is 3.58. The second-order valence-corrected chi connectivity index (χ2v) is 7.94. The predicted octanol–water partition coefficient (Wildman–Crippen LogP) is 4.17. The number of aryl methyl sites for hydroxylation is 1. The van der Waals surface area contributed by atoms with E-state index < -0.39 is 0 Å². The number of hydrogen-bond acceptors (Lipinski definition) is 5. The van der Waals surface area contributed by atoms with Crippen LogP contribution in [0.2, 0.25) is 0 Å². The molecule has 1 amide bonds. The minimum Gasteiger partial charge on any atom is -0.465 e. The van der Waals surface area contributed by atoms with E-state index in [-0.39, 0.29) is 24.0 Å². The summed E-state index contributed by atoms with van der Waals surface area (Å²) in [6, 6.07) is 13.4. The maximum absolute atomic E-state index is 12.4. The molecule has 3 aromatic rings. The van der Waals surface area contributed by atoms with Gasteiger partial charge in [0.1, 0.15) is 0 Å². The summed E-state index contributed by atoms with van der Waals surface area (Å²) in [6.07, 6.45) is 4.51. The molecule has 2 atom stereocenters. The molecule has 0 fully saturated rings. The molecule has 2 heterocycles. The van der Waals surface area contributed by atoms with Crippen LogP contribution in [0.15, 0.2) is 55.0 Å². The highest BCUT2D eigenvalue weighted by molar-refractivity contribution is 5.94. The predicted molar refractivity (Wildman–Crippen MR) is 120 cm³/mol. The topological polar surface area (TPSA) is 76.5 Å². The molecule has 0 aliphatic carbocycles. The highest BCUT2D eigenvalue weighted by atomic mass is 16.5. The Morgan fingerprint density at radius 3 is 2.52 bits per heavy atom. The van der Waals surface area contributed by atoms with Gasteiger partial charge in [-0.2, -0.15) is 0 Å². The first-order valence-corrected chi connectivity index (χ1v) is 10.2. The standard InChI is InChI=1S/C24H26N4O3/c1-15-11-21(26-19-8-5-17(6-9-19)24(30)31-4)20-12-18(22-13-27(3)14-25-22)7-10-23(20)28(15)16(2)29/h5-10,12-15,21,26H,11H2,1-4H3/t15-,21+/m0/s1. The van der Waals surface area contributed by atoms with Gasteiger partial charge in [0.05, 0.1) is 30.7 Å². The second-order valence-electron chi connectivity index (χ2n) is 7.94. The number of methoxy groups -OCH3 is 1. The number of ether oxygens (including phenoxy) is 1. The van der Waals surface area contributed by atoms with E-state index in [1.807, 2.05) is 47.0 Å². The van der Waals surface area contributed by atoms with Gasteiger partial charge in [-0.1, -0.05) is 6.07 Å². The number of fused-ring (bicyclic) bond motifs is 1. The first-order valence-electron chi connectivity index (χ1n) is 10.2. The monoisotopic (exact) mass is 418 g/mol. The number of anilines is 2. The van der Waals surface area contributed by atoms with Gasteiger partial charge in [0.15, 0.2) is 0 Å². The summed E-state index contributed by atoms with van der Waals surface area (Å²) in [5.74, 6) is -0.333. The number of rotatable bonds is 4. The average Bonchev–Trinajstić information content (AvgIpc) is 3.19. The number of nitrogens with one attached hydrogen (secondary N) is 1. The van der Waals surface area contributed by atoms with Gasteiger partial charge in [-0.3, -0.25) is 4.79 Å². The Bertz CT molecular complexity index is 1120. The summed E-state index contributed by atoms with van der Waals surface area (Å²) in [4.78, 5) is 30.4. The molecule has 1 aliphatic rings. The van der Waals surface area contributed by atoms with Crippen LogP contribution >= 0.6 is 0 Å². The summed E-state index contributed by atoms with van der Waals surface area (Å²) in [7, 11) is 3.31. The minimum absolute atomic E-state index is 0.00763. The minimum atomic E-state index is -0.361. The first kappa shape index (κ1) is 20.7. The van der Waals surface area contributed by atoms with Crippen LogP contribution in [-0.4, -0.2) is 34.6 Å². The zero-order chi connectivity index (χ0) is 22.1. The molecule has 7 nitrogen and oxygen atoms in total. The number of amides is 1. The van der Waals surface area contributed by atoms with E-state index in [2.05, 4.69) is 23.3 Å². The van der Waals surface area contributed by atoms with Crippen LogP contribution in [0.25, 0.3) is 11.3 Å². The van der Waals surface area contributed by atoms with Gasteiger partial charge in [0.2, 0.25) is 5.91 Å². The van der Waals surface area contributed by atoms with Crippen molar-refractivity contribution < 1.29 is 14.3 Å². The highest BCUT2D eigenvalue weighted by Gasteiger charge is 2.32. The number of carbonyl (C=O) groups is 2. The van der Waals surface area contributed by atoms with E-state index in [4.69, 9.17) is 4.74 Å². The van der Waals surface area contributed by atoms with E-state index in [0.717, 1.165) is 34.6 Å². The Morgan fingerprint density at radius 1 is 1.16 bits per heavy atom. The lowest BCUT2D eigenvalue weighted by molar-refractivity contribution is -0.117.